The molecule has 0 amide bonds. The van der Waals surface area contributed by atoms with Gasteiger partial charge in [-0.25, -0.2) is 8.42 Å². The maximum atomic E-state index is 12.2. The minimum Gasteiger partial charge on any atom is -0.224 e. The summed E-state index contributed by atoms with van der Waals surface area (Å²) in [6.07, 6.45) is 0.951. The van der Waals surface area contributed by atoms with Crippen molar-refractivity contribution in [2.75, 3.05) is 11.5 Å². The van der Waals surface area contributed by atoms with E-state index in [2.05, 4.69) is 13.0 Å². The maximum absolute atomic E-state index is 12.2. The highest BCUT2D eigenvalue weighted by Crippen LogP contribution is 2.24. The molecule has 2 aromatic carbocycles. The van der Waals surface area contributed by atoms with Gasteiger partial charge in [-0.15, -0.1) is 11.8 Å². The fourth-order valence-corrected chi connectivity index (χ4v) is 4.87. The van der Waals surface area contributed by atoms with Gasteiger partial charge in [0.1, 0.15) is 0 Å². The number of hydrogen-bond acceptors (Lipinski definition) is 3. The summed E-state index contributed by atoms with van der Waals surface area (Å²) in [4.78, 5) is 1.49. The van der Waals surface area contributed by atoms with Crippen LogP contribution in [0.3, 0.4) is 0 Å². The molecule has 0 aromatic heterocycles. The van der Waals surface area contributed by atoms with E-state index in [1.54, 1.807) is 36.0 Å². The first kappa shape index (κ1) is 16.4. The Hall–Kier alpha value is -0.970. The zero-order chi connectivity index (χ0) is 15.3. The van der Waals surface area contributed by atoms with E-state index in [0.717, 1.165) is 11.3 Å². The molecule has 0 unspecified atom stereocenters. The van der Waals surface area contributed by atoms with E-state index < -0.39 is 9.84 Å². The minimum atomic E-state index is -3.25. The third-order valence-electron chi connectivity index (χ3n) is 3.14. The Morgan fingerprint density at radius 1 is 1.05 bits per heavy atom. The van der Waals surface area contributed by atoms with Crippen LogP contribution in [0.5, 0.6) is 0 Å². The predicted octanol–water partition coefficient (Wildman–Crippen LogP) is 4.47. The van der Waals surface area contributed by atoms with E-state index in [-0.39, 0.29) is 5.75 Å². The molecule has 5 heteroatoms. The topological polar surface area (TPSA) is 34.1 Å². The Balaban J connectivity index is 2.01. The molecule has 112 valence electrons. The summed E-state index contributed by atoms with van der Waals surface area (Å²) in [7, 11) is -3.25. The summed E-state index contributed by atoms with van der Waals surface area (Å²) < 4.78 is 24.5. The second-order valence-corrected chi connectivity index (χ2v) is 8.26. The van der Waals surface area contributed by atoms with Crippen molar-refractivity contribution in [2.45, 2.75) is 23.1 Å². The van der Waals surface area contributed by atoms with Crippen LogP contribution in [0.25, 0.3) is 0 Å². The van der Waals surface area contributed by atoms with Gasteiger partial charge >= 0.3 is 0 Å². The van der Waals surface area contributed by atoms with Crippen LogP contribution >= 0.6 is 23.4 Å². The van der Waals surface area contributed by atoms with Crippen LogP contribution in [0.4, 0.5) is 0 Å². The molecule has 2 rings (SSSR count). The molecule has 0 spiro atoms. The van der Waals surface area contributed by atoms with Gasteiger partial charge in [0.05, 0.1) is 10.6 Å². The van der Waals surface area contributed by atoms with Crippen LogP contribution in [0, 0.1) is 0 Å². The van der Waals surface area contributed by atoms with Crippen LogP contribution in [0.2, 0.25) is 5.02 Å². The van der Waals surface area contributed by atoms with Crippen molar-refractivity contribution in [3.8, 4) is 0 Å². The summed E-state index contributed by atoms with van der Waals surface area (Å²) in [5, 5.41) is 0.542. The fraction of sp³-hybridized carbons (Fsp3) is 0.250. The Kier molecular flexibility index (Phi) is 5.73. The van der Waals surface area contributed by atoms with Gasteiger partial charge in [0.2, 0.25) is 0 Å². The van der Waals surface area contributed by atoms with Crippen molar-refractivity contribution in [1.29, 1.82) is 0 Å². The number of benzene rings is 2. The molecule has 2 aromatic rings. The summed E-state index contributed by atoms with van der Waals surface area (Å²) in [6.45, 7) is 2.10. The highest BCUT2D eigenvalue weighted by atomic mass is 35.5. The number of thioether (sulfide) groups is 1. The first-order valence-electron chi connectivity index (χ1n) is 6.72. The molecule has 0 aliphatic carbocycles. The second-order valence-electron chi connectivity index (χ2n) is 4.58. The molecule has 0 radical (unpaired) electrons. The quantitative estimate of drug-likeness (QED) is 0.728. The molecular weight excluding hydrogens is 324 g/mol. The lowest BCUT2D eigenvalue weighted by Crippen LogP contribution is -2.08. The van der Waals surface area contributed by atoms with Crippen molar-refractivity contribution < 1.29 is 8.42 Å². The third-order valence-corrected chi connectivity index (χ3v) is 6.50. The lowest BCUT2D eigenvalue weighted by molar-refractivity contribution is 0.597. The van der Waals surface area contributed by atoms with Crippen molar-refractivity contribution in [1.82, 2.24) is 0 Å². The van der Waals surface area contributed by atoms with Gasteiger partial charge in [-0.05, 0) is 42.3 Å². The van der Waals surface area contributed by atoms with Gasteiger partial charge in [-0.2, -0.15) is 0 Å². The molecule has 0 bridgehead atoms. The highest BCUT2D eigenvalue weighted by Gasteiger charge is 2.14. The Labute approximate surface area is 135 Å². The molecule has 0 aliphatic rings. The van der Waals surface area contributed by atoms with E-state index in [0.29, 0.717) is 15.7 Å². The molecule has 0 saturated heterocycles. The van der Waals surface area contributed by atoms with Gasteiger partial charge < -0.3 is 0 Å². The van der Waals surface area contributed by atoms with Crippen molar-refractivity contribution >= 4 is 33.2 Å². The SMILES string of the molecule is CCc1ccccc1SCCS(=O)(=O)c1ccc(Cl)cc1. The van der Waals surface area contributed by atoms with Crippen LogP contribution in [-0.4, -0.2) is 19.9 Å². The molecule has 0 saturated carbocycles. The Morgan fingerprint density at radius 3 is 2.38 bits per heavy atom. The molecule has 0 N–H and O–H groups in total. The van der Waals surface area contributed by atoms with Gasteiger partial charge in [0, 0.05) is 15.7 Å². The maximum Gasteiger partial charge on any atom is 0.179 e. The molecule has 2 nitrogen and oxygen atoms in total. The first-order valence-corrected chi connectivity index (χ1v) is 9.73. The molecule has 0 aliphatic heterocycles. The fourth-order valence-electron chi connectivity index (χ4n) is 1.96. The zero-order valence-corrected chi connectivity index (χ0v) is 14.1. The Bertz CT molecular complexity index is 694. The molecule has 0 heterocycles. The largest absolute Gasteiger partial charge is 0.224 e. The third kappa shape index (κ3) is 4.50. The molecule has 0 atom stereocenters. The van der Waals surface area contributed by atoms with E-state index >= 15 is 0 Å². The number of halogens is 1. The monoisotopic (exact) mass is 340 g/mol. The molecule has 0 fully saturated rings. The van der Waals surface area contributed by atoms with Crippen LogP contribution in [-0.2, 0) is 16.3 Å². The second kappa shape index (κ2) is 7.34. The average molecular weight is 341 g/mol. The number of rotatable bonds is 6. The highest BCUT2D eigenvalue weighted by molar-refractivity contribution is 8.00. The summed E-state index contributed by atoms with van der Waals surface area (Å²) in [6, 6.07) is 14.4. The average Bonchev–Trinajstić information content (AvgIpc) is 2.48. The van der Waals surface area contributed by atoms with Gasteiger partial charge in [0.15, 0.2) is 9.84 Å². The van der Waals surface area contributed by atoms with E-state index in [1.165, 1.54) is 5.56 Å². The van der Waals surface area contributed by atoms with Crippen molar-refractivity contribution in [3.63, 3.8) is 0 Å². The van der Waals surface area contributed by atoms with Crippen LogP contribution in [0.15, 0.2) is 58.3 Å². The predicted molar refractivity (Wildman–Crippen MR) is 90.0 cm³/mol. The van der Waals surface area contributed by atoms with Crippen LogP contribution < -0.4 is 0 Å². The van der Waals surface area contributed by atoms with E-state index in [1.807, 2.05) is 18.2 Å². The molecule has 21 heavy (non-hydrogen) atoms. The normalized spacial score (nSPS) is 11.5. The van der Waals surface area contributed by atoms with E-state index in [4.69, 9.17) is 11.6 Å². The summed E-state index contributed by atoms with van der Waals surface area (Å²) in [5.74, 6) is 0.666. The minimum absolute atomic E-state index is 0.122. The lowest BCUT2D eigenvalue weighted by Gasteiger charge is -2.08. The van der Waals surface area contributed by atoms with Gasteiger partial charge in [-0.3, -0.25) is 0 Å². The van der Waals surface area contributed by atoms with Gasteiger partial charge in [0.25, 0.3) is 0 Å². The lowest BCUT2D eigenvalue weighted by atomic mass is 10.2. The smallest absolute Gasteiger partial charge is 0.179 e. The number of sulfone groups is 1. The zero-order valence-electron chi connectivity index (χ0n) is 11.8. The van der Waals surface area contributed by atoms with Crippen molar-refractivity contribution in [2.24, 2.45) is 0 Å². The molecular formula is C16H17ClO2S2. The number of aryl methyl sites for hydroxylation is 1. The summed E-state index contributed by atoms with van der Waals surface area (Å²) >= 11 is 7.37. The van der Waals surface area contributed by atoms with Crippen molar-refractivity contribution in [3.05, 3.63) is 59.1 Å². The summed E-state index contributed by atoms with van der Waals surface area (Å²) in [5.41, 5.74) is 1.26. The van der Waals surface area contributed by atoms with E-state index in [9.17, 15) is 8.42 Å². The number of hydrogen-bond donors (Lipinski definition) is 0. The standard InChI is InChI=1S/C16H17ClO2S2/c1-2-13-5-3-4-6-16(13)20-11-12-21(18,19)15-9-7-14(17)8-10-15/h3-10H,2,11-12H2,1H3. The van der Waals surface area contributed by atoms with Gasteiger partial charge in [-0.1, -0.05) is 36.7 Å². The first-order chi connectivity index (χ1) is 10.0. The van der Waals surface area contributed by atoms with Crippen LogP contribution in [0.1, 0.15) is 12.5 Å². The Morgan fingerprint density at radius 2 is 1.71 bits per heavy atom.